The summed E-state index contributed by atoms with van der Waals surface area (Å²) < 4.78 is 0. The van der Waals surface area contributed by atoms with Gasteiger partial charge in [-0.25, -0.2) is 5.01 Å². The summed E-state index contributed by atoms with van der Waals surface area (Å²) in [5.41, 5.74) is 1.03. The molecule has 0 spiro atoms. The normalized spacial score (nSPS) is 10.7. The van der Waals surface area contributed by atoms with E-state index in [1.54, 1.807) is 30.4 Å². The van der Waals surface area contributed by atoms with E-state index in [0.717, 1.165) is 5.56 Å². The molecule has 0 fully saturated rings. The predicted octanol–water partition coefficient (Wildman–Crippen LogP) is 2.60. The lowest BCUT2D eigenvalue weighted by molar-refractivity contribution is 0.922. The third kappa shape index (κ3) is 3.26. The van der Waals surface area contributed by atoms with Crippen LogP contribution in [0, 0.1) is 0 Å². The van der Waals surface area contributed by atoms with E-state index >= 15 is 0 Å². The van der Waals surface area contributed by atoms with Gasteiger partial charge in [-0.1, -0.05) is 41.9 Å². The lowest BCUT2D eigenvalue weighted by atomic mass is 10.2. The van der Waals surface area contributed by atoms with Crippen LogP contribution < -0.4 is 5.01 Å². The highest BCUT2D eigenvalue weighted by Crippen LogP contribution is 2.10. The first-order chi connectivity index (χ1) is 8.25. The molecule has 2 aromatic rings. The number of nitrogens with zero attached hydrogens (tertiary/aromatic N) is 4. The van der Waals surface area contributed by atoms with Crippen molar-refractivity contribution in [1.29, 1.82) is 0 Å². The van der Waals surface area contributed by atoms with Gasteiger partial charge in [-0.2, -0.15) is 5.10 Å². The van der Waals surface area contributed by atoms with Crippen molar-refractivity contribution in [3.8, 4) is 0 Å². The van der Waals surface area contributed by atoms with Crippen LogP contribution in [0.15, 0.2) is 47.6 Å². The number of halogens is 1. The van der Waals surface area contributed by atoms with Crippen molar-refractivity contribution in [2.75, 3.05) is 12.1 Å². The number of aromatic nitrogens is 2. The van der Waals surface area contributed by atoms with Crippen molar-refractivity contribution in [2.24, 2.45) is 5.10 Å². The molecule has 2 rings (SSSR count). The van der Waals surface area contributed by atoms with Crippen LogP contribution >= 0.6 is 11.6 Å². The highest BCUT2D eigenvalue weighted by Gasteiger charge is 1.99. The van der Waals surface area contributed by atoms with E-state index in [2.05, 4.69) is 15.3 Å². The number of rotatable bonds is 3. The van der Waals surface area contributed by atoms with E-state index in [9.17, 15) is 0 Å². The van der Waals surface area contributed by atoms with E-state index in [1.165, 1.54) is 0 Å². The van der Waals surface area contributed by atoms with E-state index in [4.69, 9.17) is 11.6 Å². The lowest BCUT2D eigenvalue weighted by Crippen LogP contribution is -2.11. The molecule has 1 aromatic heterocycles. The van der Waals surface area contributed by atoms with Gasteiger partial charge in [0.2, 0.25) is 0 Å². The summed E-state index contributed by atoms with van der Waals surface area (Å²) in [6.07, 6.45) is 1.76. The van der Waals surface area contributed by atoms with Crippen molar-refractivity contribution in [2.45, 2.75) is 0 Å². The van der Waals surface area contributed by atoms with E-state index in [-0.39, 0.29) is 0 Å². The SMILES string of the molecule is CN(N=Cc1ccccc1)c1ccc(Cl)nn1. The second-order valence-electron chi connectivity index (χ2n) is 3.39. The fourth-order valence-electron chi connectivity index (χ4n) is 1.23. The first kappa shape index (κ1) is 11.5. The molecule has 0 aliphatic heterocycles. The average molecular weight is 247 g/mol. The van der Waals surface area contributed by atoms with Gasteiger partial charge < -0.3 is 0 Å². The first-order valence-electron chi connectivity index (χ1n) is 5.08. The van der Waals surface area contributed by atoms with Gasteiger partial charge >= 0.3 is 0 Å². The van der Waals surface area contributed by atoms with E-state index in [0.29, 0.717) is 11.0 Å². The van der Waals surface area contributed by atoms with Crippen LogP contribution in [0.2, 0.25) is 5.15 Å². The number of hydrogen-bond acceptors (Lipinski definition) is 4. The fraction of sp³-hybridized carbons (Fsp3) is 0.0833. The zero-order chi connectivity index (χ0) is 12.1. The van der Waals surface area contributed by atoms with Crippen LogP contribution in [0.25, 0.3) is 0 Å². The Bertz CT molecular complexity index is 496. The molecule has 17 heavy (non-hydrogen) atoms. The molecule has 5 heteroatoms. The largest absolute Gasteiger partial charge is 0.250 e. The van der Waals surface area contributed by atoms with Gasteiger partial charge in [-0.15, -0.1) is 10.2 Å². The molecule has 0 saturated carbocycles. The molecule has 0 unspecified atom stereocenters. The van der Waals surface area contributed by atoms with Crippen LogP contribution in [0.3, 0.4) is 0 Å². The maximum atomic E-state index is 5.66. The second-order valence-corrected chi connectivity index (χ2v) is 3.78. The van der Waals surface area contributed by atoms with Crippen LogP contribution in [0.5, 0.6) is 0 Å². The summed E-state index contributed by atoms with van der Waals surface area (Å²) >= 11 is 5.66. The van der Waals surface area contributed by atoms with Crippen molar-refractivity contribution >= 4 is 23.6 Å². The molecule has 0 atom stereocenters. The number of hydrogen-bond donors (Lipinski definition) is 0. The molecule has 0 radical (unpaired) electrons. The Morgan fingerprint density at radius 2 is 1.88 bits per heavy atom. The van der Waals surface area contributed by atoms with Crippen LogP contribution in [-0.2, 0) is 0 Å². The molecule has 0 bridgehead atoms. The van der Waals surface area contributed by atoms with Crippen LogP contribution in [0.1, 0.15) is 5.56 Å². The highest BCUT2D eigenvalue weighted by atomic mass is 35.5. The van der Waals surface area contributed by atoms with Gasteiger partial charge in [-0.3, -0.25) is 0 Å². The molecule has 0 amide bonds. The standard InChI is InChI=1S/C12H11ClN4/c1-17(12-8-7-11(13)15-16-12)14-9-10-5-3-2-4-6-10/h2-9H,1H3. The summed E-state index contributed by atoms with van der Waals surface area (Å²) in [5, 5.41) is 13.9. The molecule has 86 valence electrons. The van der Waals surface area contributed by atoms with Crippen LogP contribution in [0.4, 0.5) is 5.82 Å². The highest BCUT2D eigenvalue weighted by molar-refractivity contribution is 6.29. The summed E-state index contributed by atoms with van der Waals surface area (Å²) in [4.78, 5) is 0. The molecule has 1 aromatic carbocycles. The molecule has 0 N–H and O–H groups in total. The smallest absolute Gasteiger partial charge is 0.171 e. The summed E-state index contributed by atoms with van der Waals surface area (Å²) in [7, 11) is 1.80. The van der Waals surface area contributed by atoms with E-state index < -0.39 is 0 Å². The van der Waals surface area contributed by atoms with Gasteiger partial charge in [0.25, 0.3) is 0 Å². The summed E-state index contributed by atoms with van der Waals surface area (Å²) in [5.74, 6) is 0.640. The van der Waals surface area contributed by atoms with Crippen LogP contribution in [-0.4, -0.2) is 23.5 Å². The zero-order valence-electron chi connectivity index (χ0n) is 9.29. The maximum Gasteiger partial charge on any atom is 0.171 e. The number of anilines is 1. The molecular weight excluding hydrogens is 236 g/mol. The third-order valence-corrected chi connectivity index (χ3v) is 2.33. The van der Waals surface area contributed by atoms with E-state index in [1.807, 2.05) is 30.3 Å². The van der Waals surface area contributed by atoms with Crippen molar-refractivity contribution in [3.05, 3.63) is 53.2 Å². The van der Waals surface area contributed by atoms with Gasteiger partial charge in [-0.05, 0) is 17.7 Å². The second kappa shape index (κ2) is 5.41. The molecule has 0 aliphatic rings. The molecular formula is C12H11ClN4. The van der Waals surface area contributed by atoms with Crippen molar-refractivity contribution in [1.82, 2.24) is 10.2 Å². The minimum Gasteiger partial charge on any atom is -0.250 e. The maximum absolute atomic E-state index is 5.66. The molecule has 0 saturated heterocycles. The number of benzene rings is 1. The minimum absolute atomic E-state index is 0.370. The fourth-order valence-corrected chi connectivity index (χ4v) is 1.33. The van der Waals surface area contributed by atoms with Gasteiger partial charge in [0.05, 0.1) is 6.21 Å². The Morgan fingerprint density at radius 3 is 2.53 bits per heavy atom. The molecule has 0 aliphatic carbocycles. The monoisotopic (exact) mass is 246 g/mol. The third-order valence-electron chi connectivity index (χ3n) is 2.13. The van der Waals surface area contributed by atoms with Gasteiger partial charge in [0, 0.05) is 7.05 Å². The summed E-state index contributed by atoms with van der Waals surface area (Å²) in [6, 6.07) is 13.3. The molecule has 4 nitrogen and oxygen atoms in total. The first-order valence-corrected chi connectivity index (χ1v) is 5.45. The predicted molar refractivity (Wildman–Crippen MR) is 69.5 cm³/mol. The number of hydrazone groups is 1. The Hall–Kier alpha value is -1.94. The quantitative estimate of drug-likeness (QED) is 0.618. The van der Waals surface area contributed by atoms with Crippen molar-refractivity contribution < 1.29 is 0 Å². The van der Waals surface area contributed by atoms with Gasteiger partial charge in [0.15, 0.2) is 11.0 Å². The Labute approximate surface area is 105 Å². The Kier molecular flexibility index (Phi) is 3.67. The molecule has 1 heterocycles. The Morgan fingerprint density at radius 1 is 1.12 bits per heavy atom. The lowest BCUT2D eigenvalue weighted by Gasteiger charge is -2.09. The zero-order valence-corrected chi connectivity index (χ0v) is 10.0. The van der Waals surface area contributed by atoms with Crippen molar-refractivity contribution in [3.63, 3.8) is 0 Å². The van der Waals surface area contributed by atoms with Gasteiger partial charge in [0.1, 0.15) is 0 Å². The average Bonchev–Trinajstić information content (AvgIpc) is 2.38. The summed E-state index contributed by atoms with van der Waals surface area (Å²) in [6.45, 7) is 0. The Balaban J connectivity index is 2.09. The minimum atomic E-state index is 0.370. The topological polar surface area (TPSA) is 41.4 Å².